The van der Waals surface area contributed by atoms with E-state index in [9.17, 15) is 4.79 Å². The van der Waals surface area contributed by atoms with Crippen LogP contribution in [-0.4, -0.2) is 37.0 Å². The Kier molecular flexibility index (Phi) is 7.44. The van der Waals surface area contributed by atoms with E-state index in [2.05, 4.69) is 41.4 Å². The van der Waals surface area contributed by atoms with Crippen LogP contribution in [0.4, 0.5) is 0 Å². The third-order valence-electron chi connectivity index (χ3n) is 4.47. The van der Waals surface area contributed by atoms with E-state index in [0.717, 1.165) is 31.5 Å². The van der Waals surface area contributed by atoms with Gasteiger partial charge in [-0.15, -0.1) is 0 Å². The summed E-state index contributed by atoms with van der Waals surface area (Å²) in [5, 5.41) is 3.05. The number of likely N-dealkylation sites (tertiary alicyclic amines) is 1. The van der Waals surface area contributed by atoms with Crippen LogP contribution in [0.25, 0.3) is 0 Å². The van der Waals surface area contributed by atoms with E-state index in [4.69, 9.17) is 0 Å². The second-order valence-corrected chi connectivity index (χ2v) is 6.31. The molecule has 1 aromatic carbocycles. The molecule has 1 amide bonds. The average molecular weight is 302 g/mol. The Balaban J connectivity index is 1.60. The molecule has 122 valence electrons. The zero-order chi connectivity index (χ0) is 15.6. The highest BCUT2D eigenvalue weighted by Gasteiger charge is 2.08. The molecular formula is C19H30N2O. The van der Waals surface area contributed by atoms with E-state index in [0.29, 0.717) is 6.42 Å². The van der Waals surface area contributed by atoms with Crippen molar-refractivity contribution in [2.75, 3.05) is 26.2 Å². The number of carbonyl (C=O) groups is 1. The van der Waals surface area contributed by atoms with Gasteiger partial charge in [-0.25, -0.2) is 0 Å². The predicted octanol–water partition coefficient (Wildman–Crippen LogP) is 3.17. The SMILES string of the molecule is CCc1ccc(CC(=O)NCCCN2CCCCCC2)cc1. The second kappa shape index (κ2) is 9.62. The summed E-state index contributed by atoms with van der Waals surface area (Å²) in [5.41, 5.74) is 2.42. The molecule has 2 rings (SSSR count). The maximum absolute atomic E-state index is 11.9. The highest BCUT2D eigenvalue weighted by Crippen LogP contribution is 2.09. The van der Waals surface area contributed by atoms with Crippen molar-refractivity contribution in [2.45, 2.75) is 51.9 Å². The summed E-state index contributed by atoms with van der Waals surface area (Å²) in [7, 11) is 0. The third kappa shape index (κ3) is 6.18. The van der Waals surface area contributed by atoms with Crippen LogP contribution in [0.2, 0.25) is 0 Å². The standard InChI is InChI=1S/C19H30N2O/c1-2-17-8-10-18(11-9-17)16-19(22)20-12-7-15-21-13-5-3-4-6-14-21/h8-11H,2-7,12-16H2,1H3,(H,20,22). The van der Waals surface area contributed by atoms with E-state index < -0.39 is 0 Å². The van der Waals surface area contributed by atoms with E-state index in [1.165, 1.54) is 44.3 Å². The van der Waals surface area contributed by atoms with Crippen molar-refractivity contribution in [3.05, 3.63) is 35.4 Å². The third-order valence-corrected chi connectivity index (χ3v) is 4.47. The molecule has 0 aromatic heterocycles. The first-order valence-electron chi connectivity index (χ1n) is 8.85. The van der Waals surface area contributed by atoms with Crippen LogP contribution in [-0.2, 0) is 17.6 Å². The number of rotatable bonds is 7. The van der Waals surface area contributed by atoms with Gasteiger partial charge in [0.25, 0.3) is 0 Å². The minimum atomic E-state index is 0.139. The van der Waals surface area contributed by atoms with Crippen molar-refractivity contribution < 1.29 is 4.79 Å². The zero-order valence-electron chi connectivity index (χ0n) is 13.9. The molecule has 1 aliphatic heterocycles. The highest BCUT2D eigenvalue weighted by molar-refractivity contribution is 5.78. The van der Waals surface area contributed by atoms with E-state index in [1.807, 2.05) is 0 Å². The van der Waals surface area contributed by atoms with E-state index >= 15 is 0 Å². The molecule has 0 spiro atoms. The Morgan fingerprint density at radius 1 is 1.05 bits per heavy atom. The van der Waals surface area contributed by atoms with Crippen molar-refractivity contribution in [3.8, 4) is 0 Å². The number of nitrogens with zero attached hydrogens (tertiary/aromatic N) is 1. The molecule has 3 heteroatoms. The van der Waals surface area contributed by atoms with E-state index in [-0.39, 0.29) is 5.91 Å². The molecule has 0 unspecified atom stereocenters. The number of benzene rings is 1. The highest BCUT2D eigenvalue weighted by atomic mass is 16.1. The van der Waals surface area contributed by atoms with Gasteiger partial charge in [0, 0.05) is 6.54 Å². The van der Waals surface area contributed by atoms with Crippen molar-refractivity contribution >= 4 is 5.91 Å². The molecule has 1 aromatic rings. The number of hydrogen-bond acceptors (Lipinski definition) is 2. The Labute approximate surface area is 135 Å². The summed E-state index contributed by atoms with van der Waals surface area (Å²) < 4.78 is 0. The minimum absolute atomic E-state index is 0.139. The lowest BCUT2D eigenvalue weighted by molar-refractivity contribution is -0.120. The van der Waals surface area contributed by atoms with Crippen LogP contribution >= 0.6 is 0 Å². The first-order chi connectivity index (χ1) is 10.8. The quantitative estimate of drug-likeness (QED) is 0.785. The first kappa shape index (κ1) is 17.0. The normalized spacial score (nSPS) is 16.2. The van der Waals surface area contributed by atoms with Crippen molar-refractivity contribution in [3.63, 3.8) is 0 Å². The predicted molar refractivity (Wildman–Crippen MR) is 92.1 cm³/mol. The Bertz CT molecular complexity index is 433. The maximum Gasteiger partial charge on any atom is 0.224 e. The molecule has 1 fully saturated rings. The van der Waals surface area contributed by atoms with Crippen molar-refractivity contribution in [1.82, 2.24) is 10.2 Å². The molecule has 0 aliphatic carbocycles. The van der Waals surface area contributed by atoms with Crippen LogP contribution in [0, 0.1) is 0 Å². The van der Waals surface area contributed by atoms with Gasteiger partial charge in [-0.3, -0.25) is 4.79 Å². The van der Waals surface area contributed by atoms with Gasteiger partial charge >= 0.3 is 0 Å². The van der Waals surface area contributed by atoms with Crippen molar-refractivity contribution in [2.24, 2.45) is 0 Å². The number of carbonyl (C=O) groups excluding carboxylic acids is 1. The molecule has 0 radical (unpaired) electrons. The summed E-state index contributed by atoms with van der Waals surface area (Å²) in [5.74, 6) is 0.139. The summed E-state index contributed by atoms with van der Waals surface area (Å²) in [6.45, 7) is 6.52. The first-order valence-corrected chi connectivity index (χ1v) is 8.85. The van der Waals surface area contributed by atoms with Crippen LogP contribution < -0.4 is 5.32 Å². The van der Waals surface area contributed by atoms with Gasteiger partial charge in [0.2, 0.25) is 5.91 Å². The number of hydrogen-bond donors (Lipinski definition) is 1. The summed E-state index contributed by atoms with van der Waals surface area (Å²) >= 11 is 0. The van der Waals surface area contributed by atoms with Crippen LogP contribution in [0.15, 0.2) is 24.3 Å². The average Bonchev–Trinajstić information content (AvgIpc) is 2.81. The van der Waals surface area contributed by atoms with Gasteiger partial charge in [-0.05, 0) is 56.4 Å². The van der Waals surface area contributed by atoms with E-state index in [1.54, 1.807) is 0 Å². The van der Waals surface area contributed by atoms with Gasteiger partial charge in [-0.1, -0.05) is 44.0 Å². The van der Waals surface area contributed by atoms with Gasteiger partial charge in [0.05, 0.1) is 6.42 Å². The fraction of sp³-hybridized carbons (Fsp3) is 0.632. The minimum Gasteiger partial charge on any atom is -0.356 e. The zero-order valence-corrected chi connectivity index (χ0v) is 13.9. The largest absolute Gasteiger partial charge is 0.356 e. The molecule has 1 heterocycles. The molecule has 0 atom stereocenters. The summed E-state index contributed by atoms with van der Waals surface area (Å²) in [6, 6.07) is 8.36. The number of aryl methyl sites for hydroxylation is 1. The van der Waals surface area contributed by atoms with Crippen molar-refractivity contribution in [1.29, 1.82) is 0 Å². The van der Waals surface area contributed by atoms with Gasteiger partial charge in [-0.2, -0.15) is 0 Å². The molecule has 1 aliphatic rings. The second-order valence-electron chi connectivity index (χ2n) is 6.31. The van der Waals surface area contributed by atoms with Crippen LogP contribution in [0.1, 0.15) is 50.2 Å². The summed E-state index contributed by atoms with van der Waals surface area (Å²) in [4.78, 5) is 14.5. The lowest BCUT2D eigenvalue weighted by Gasteiger charge is -2.19. The maximum atomic E-state index is 11.9. The lowest BCUT2D eigenvalue weighted by Crippen LogP contribution is -2.31. The number of nitrogens with one attached hydrogen (secondary N) is 1. The molecule has 22 heavy (non-hydrogen) atoms. The van der Waals surface area contributed by atoms with Gasteiger partial charge in [0.1, 0.15) is 0 Å². The molecule has 0 saturated carbocycles. The summed E-state index contributed by atoms with van der Waals surface area (Å²) in [6.07, 6.45) is 8.02. The smallest absolute Gasteiger partial charge is 0.224 e. The topological polar surface area (TPSA) is 32.3 Å². The van der Waals surface area contributed by atoms with Gasteiger partial charge in [0.15, 0.2) is 0 Å². The van der Waals surface area contributed by atoms with Crippen LogP contribution in [0.3, 0.4) is 0 Å². The molecular weight excluding hydrogens is 272 g/mol. The van der Waals surface area contributed by atoms with Gasteiger partial charge < -0.3 is 10.2 Å². The molecule has 1 saturated heterocycles. The molecule has 3 nitrogen and oxygen atoms in total. The Morgan fingerprint density at radius 2 is 1.68 bits per heavy atom. The molecule has 1 N–H and O–H groups in total. The molecule has 0 bridgehead atoms. The number of amides is 1. The lowest BCUT2D eigenvalue weighted by atomic mass is 10.1. The van der Waals surface area contributed by atoms with Crippen LogP contribution in [0.5, 0.6) is 0 Å². The Hall–Kier alpha value is -1.35. The Morgan fingerprint density at radius 3 is 2.32 bits per heavy atom. The fourth-order valence-corrected chi connectivity index (χ4v) is 3.03. The monoisotopic (exact) mass is 302 g/mol. The fourth-order valence-electron chi connectivity index (χ4n) is 3.03.